The number of likely N-dealkylation sites (tertiary alicyclic amines) is 1. The Balaban J connectivity index is 0.00000338. The van der Waals surface area contributed by atoms with Crippen LogP contribution in [0.15, 0.2) is 23.2 Å². The van der Waals surface area contributed by atoms with Crippen LogP contribution in [0.2, 0.25) is 10.0 Å². The van der Waals surface area contributed by atoms with E-state index in [1.54, 1.807) is 7.05 Å². The number of hydrogen-bond acceptors (Lipinski definition) is 3. The van der Waals surface area contributed by atoms with Gasteiger partial charge in [-0.1, -0.05) is 36.2 Å². The lowest BCUT2D eigenvalue weighted by molar-refractivity contribution is -0.146. The number of aliphatic imine (C=N–C) groups is 1. The Labute approximate surface area is 182 Å². The van der Waals surface area contributed by atoms with Crippen LogP contribution in [0.3, 0.4) is 0 Å². The van der Waals surface area contributed by atoms with Gasteiger partial charge in [0.1, 0.15) is 0 Å². The van der Waals surface area contributed by atoms with Crippen LogP contribution in [-0.4, -0.2) is 50.6 Å². The summed E-state index contributed by atoms with van der Waals surface area (Å²) < 4.78 is 4.83. The highest BCUT2D eigenvalue weighted by Crippen LogP contribution is 2.31. The molecular formula is C18H26Cl2IN3O2. The van der Waals surface area contributed by atoms with Crippen molar-refractivity contribution >= 4 is 59.1 Å². The predicted octanol–water partition coefficient (Wildman–Crippen LogP) is 4.18. The van der Waals surface area contributed by atoms with Crippen molar-refractivity contribution in [3.05, 3.63) is 33.8 Å². The lowest BCUT2D eigenvalue weighted by atomic mass is 9.97. The number of esters is 1. The molecule has 0 aliphatic carbocycles. The van der Waals surface area contributed by atoms with Crippen LogP contribution in [0.5, 0.6) is 0 Å². The molecule has 0 bridgehead atoms. The Morgan fingerprint density at radius 2 is 1.92 bits per heavy atom. The third kappa shape index (κ3) is 5.89. The molecule has 1 aromatic carbocycles. The van der Waals surface area contributed by atoms with Crippen LogP contribution in [0.25, 0.3) is 0 Å². The molecule has 0 saturated carbocycles. The Morgan fingerprint density at radius 1 is 1.35 bits per heavy atom. The summed E-state index contributed by atoms with van der Waals surface area (Å²) in [6.07, 6.45) is 1.55. The van der Waals surface area contributed by atoms with Gasteiger partial charge in [-0.05, 0) is 30.5 Å². The Bertz CT molecular complexity index is 615. The number of rotatable bonds is 4. The topological polar surface area (TPSA) is 53.9 Å². The average Bonchev–Trinajstić information content (AvgIpc) is 2.62. The molecular weight excluding hydrogens is 488 g/mol. The molecule has 146 valence electrons. The highest BCUT2D eigenvalue weighted by molar-refractivity contribution is 14.0. The molecule has 1 fully saturated rings. The maximum Gasteiger partial charge on any atom is 0.308 e. The summed E-state index contributed by atoms with van der Waals surface area (Å²) in [5.41, 5.74) is 0.943. The molecule has 0 aromatic heterocycles. The second kappa shape index (κ2) is 11.2. The average molecular weight is 514 g/mol. The van der Waals surface area contributed by atoms with Gasteiger partial charge < -0.3 is 15.0 Å². The number of halogens is 3. The molecule has 1 aliphatic rings. The van der Waals surface area contributed by atoms with Gasteiger partial charge >= 0.3 is 5.97 Å². The second-order valence-electron chi connectivity index (χ2n) is 6.25. The molecule has 2 rings (SSSR count). The maximum atomic E-state index is 11.6. The number of nitrogens with zero attached hydrogens (tertiary/aromatic N) is 2. The number of carbonyl (C=O) groups is 1. The SMILES string of the molecule is CN=C(NCC(C)c1c(Cl)cccc1Cl)N1CCC(C(=O)OC)CC1.I. The number of nitrogens with one attached hydrogen (secondary N) is 1. The van der Waals surface area contributed by atoms with E-state index in [1.165, 1.54) is 7.11 Å². The standard InChI is InChI=1S/C18H25Cl2N3O2.HI/c1-12(16-14(19)5-4-6-15(16)20)11-22-18(21-2)23-9-7-13(8-10-23)17(24)25-3;/h4-6,12-13H,7-11H2,1-3H3,(H,21,22);1H. The molecule has 8 heteroatoms. The number of methoxy groups -OCH3 is 1. The summed E-state index contributed by atoms with van der Waals surface area (Å²) in [5.74, 6) is 0.841. The number of ether oxygens (including phenoxy) is 1. The molecule has 1 aromatic rings. The Morgan fingerprint density at radius 3 is 2.42 bits per heavy atom. The van der Waals surface area contributed by atoms with Crippen molar-refractivity contribution in [3.63, 3.8) is 0 Å². The van der Waals surface area contributed by atoms with E-state index in [9.17, 15) is 4.79 Å². The fraction of sp³-hybridized carbons (Fsp3) is 0.556. The summed E-state index contributed by atoms with van der Waals surface area (Å²) in [4.78, 5) is 18.2. The minimum atomic E-state index is -0.121. The highest BCUT2D eigenvalue weighted by atomic mass is 127. The third-order valence-electron chi connectivity index (χ3n) is 4.60. The minimum Gasteiger partial charge on any atom is -0.469 e. The van der Waals surface area contributed by atoms with Gasteiger partial charge in [-0.25, -0.2) is 0 Å². The summed E-state index contributed by atoms with van der Waals surface area (Å²) in [7, 11) is 3.21. The van der Waals surface area contributed by atoms with Crippen LogP contribution in [-0.2, 0) is 9.53 Å². The normalized spacial score (nSPS) is 16.7. The maximum absolute atomic E-state index is 11.6. The summed E-state index contributed by atoms with van der Waals surface area (Å²) in [6.45, 7) is 4.31. The first-order valence-corrected chi connectivity index (χ1v) is 9.20. The first kappa shape index (κ1) is 23.3. The molecule has 0 amide bonds. The number of carbonyl (C=O) groups excluding carboxylic acids is 1. The van der Waals surface area contributed by atoms with E-state index in [2.05, 4.69) is 22.1 Å². The highest BCUT2D eigenvalue weighted by Gasteiger charge is 2.27. The number of benzene rings is 1. The molecule has 1 heterocycles. The fourth-order valence-electron chi connectivity index (χ4n) is 3.15. The molecule has 0 radical (unpaired) electrons. The number of guanidine groups is 1. The van der Waals surface area contributed by atoms with Crippen molar-refractivity contribution in [1.82, 2.24) is 10.2 Å². The third-order valence-corrected chi connectivity index (χ3v) is 5.26. The molecule has 0 spiro atoms. The second-order valence-corrected chi connectivity index (χ2v) is 7.06. The zero-order valence-electron chi connectivity index (χ0n) is 15.3. The summed E-state index contributed by atoms with van der Waals surface area (Å²) >= 11 is 12.6. The van der Waals surface area contributed by atoms with Gasteiger partial charge in [0.2, 0.25) is 0 Å². The van der Waals surface area contributed by atoms with E-state index in [0.29, 0.717) is 16.6 Å². The van der Waals surface area contributed by atoms with Crippen molar-refractivity contribution < 1.29 is 9.53 Å². The lowest BCUT2D eigenvalue weighted by Crippen LogP contribution is -2.47. The van der Waals surface area contributed by atoms with E-state index in [4.69, 9.17) is 27.9 Å². The van der Waals surface area contributed by atoms with E-state index in [-0.39, 0.29) is 41.8 Å². The van der Waals surface area contributed by atoms with Crippen molar-refractivity contribution in [2.45, 2.75) is 25.7 Å². The van der Waals surface area contributed by atoms with Crippen LogP contribution in [0, 0.1) is 5.92 Å². The van der Waals surface area contributed by atoms with Crippen molar-refractivity contribution in [3.8, 4) is 0 Å². The zero-order valence-corrected chi connectivity index (χ0v) is 19.1. The zero-order chi connectivity index (χ0) is 18.4. The molecule has 1 unspecified atom stereocenters. The van der Waals surface area contributed by atoms with E-state index in [0.717, 1.165) is 37.5 Å². The molecule has 1 atom stereocenters. The van der Waals surface area contributed by atoms with Crippen molar-refractivity contribution in [2.75, 3.05) is 33.8 Å². The first-order valence-electron chi connectivity index (χ1n) is 8.45. The molecule has 1 N–H and O–H groups in total. The molecule has 1 aliphatic heterocycles. The monoisotopic (exact) mass is 513 g/mol. The van der Waals surface area contributed by atoms with Gasteiger partial charge in [0, 0.05) is 42.6 Å². The molecule has 5 nitrogen and oxygen atoms in total. The van der Waals surface area contributed by atoms with Gasteiger partial charge in [-0.2, -0.15) is 0 Å². The summed E-state index contributed by atoms with van der Waals surface area (Å²) in [6, 6.07) is 5.55. The van der Waals surface area contributed by atoms with Crippen LogP contribution in [0.1, 0.15) is 31.2 Å². The minimum absolute atomic E-state index is 0. The Kier molecular flexibility index (Phi) is 10.0. The first-order chi connectivity index (χ1) is 12.0. The van der Waals surface area contributed by atoms with Gasteiger partial charge in [0.05, 0.1) is 13.0 Å². The van der Waals surface area contributed by atoms with Crippen molar-refractivity contribution in [1.29, 1.82) is 0 Å². The lowest BCUT2D eigenvalue weighted by Gasteiger charge is -2.33. The number of piperidine rings is 1. The van der Waals surface area contributed by atoms with E-state index >= 15 is 0 Å². The largest absolute Gasteiger partial charge is 0.469 e. The molecule has 26 heavy (non-hydrogen) atoms. The van der Waals surface area contributed by atoms with Gasteiger partial charge in [-0.15, -0.1) is 24.0 Å². The van der Waals surface area contributed by atoms with Gasteiger partial charge in [0.15, 0.2) is 5.96 Å². The van der Waals surface area contributed by atoms with Gasteiger partial charge in [-0.3, -0.25) is 9.79 Å². The van der Waals surface area contributed by atoms with Crippen LogP contribution < -0.4 is 5.32 Å². The Hall–Kier alpha value is -0.730. The van der Waals surface area contributed by atoms with Crippen molar-refractivity contribution in [2.24, 2.45) is 10.9 Å². The summed E-state index contributed by atoms with van der Waals surface area (Å²) in [5, 5.41) is 4.75. The van der Waals surface area contributed by atoms with Crippen LogP contribution in [0.4, 0.5) is 0 Å². The predicted molar refractivity (Wildman–Crippen MR) is 118 cm³/mol. The van der Waals surface area contributed by atoms with E-state index in [1.807, 2.05) is 18.2 Å². The smallest absolute Gasteiger partial charge is 0.308 e. The molecule has 1 saturated heterocycles. The quantitative estimate of drug-likeness (QED) is 0.284. The van der Waals surface area contributed by atoms with E-state index < -0.39 is 0 Å². The van der Waals surface area contributed by atoms with Crippen LogP contribution >= 0.6 is 47.2 Å². The fourth-order valence-corrected chi connectivity index (χ4v) is 3.92. The van der Waals surface area contributed by atoms with Gasteiger partial charge in [0.25, 0.3) is 0 Å². The number of hydrogen-bond donors (Lipinski definition) is 1.